The molecule has 3 rings (SSSR count). The number of nitrogens with two attached hydrogens (primary N) is 1. The van der Waals surface area contributed by atoms with Gasteiger partial charge >= 0.3 is 0 Å². The van der Waals surface area contributed by atoms with Crippen LogP contribution in [0.5, 0.6) is 0 Å². The molecule has 0 aliphatic carbocycles. The van der Waals surface area contributed by atoms with Crippen LogP contribution in [0.15, 0.2) is 36.4 Å². The molecule has 0 atom stereocenters. The Kier molecular flexibility index (Phi) is 4.90. The van der Waals surface area contributed by atoms with E-state index in [2.05, 4.69) is 35.2 Å². The van der Waals surface area contributed by atoms with Gasteiger partial charge in [0.1, 0.15) is 0 Å². The molecule has 1 aliphatic rings. The zero-order chi connectivity index (χ0) is 16.4. The zero-order valence-electron chi connectivity index (χ0n) is 13.4. The molecule has 1 fully saturated rings. The first-order chi connectivity index (χ1) is 11.0. The SMILES string of the molecule is Cc1cc(-c2ccc(CN3CCC(O)CC3)cc2)cc(Cl)c1N. The van der Waals surface area contributed by atoms with Crippen LogP contribution in [0.2, 0.25) is 5.02 Å². The van der Waals surface area contributed by atoms with Gasteiger partial charge in [-0.15, -0.1) is 0 Å². The molecule has 0 spiro atoms. The van der Waals surface area contributed by atoms with E-state index in [0.29, 0.717) is 10.7 Å². The number of likely N-dealkylation sites (tertiary alicyclic amines) is 1. The molecule has 2 aromatic rings. The molecular formula is C19H23ClN2O. The molecule has 2 aromatic carbocycles. The first-order valence-corrected chi connectivity index (χ1v) is 8.46. The lowest BCUT2D eigenvalue weighted by Crippen LogP contribution is -2.35. The maximum atomic E-state index is 9.57. The molecule has 0 aromatic heterocycles. The Labute approximate surface area is 142 Å². The second-order valence-electron chi connectivity index (χ2n) is 6.39. The Morgan fingerprint density at radius 3 is 2.39 bits per heavy atom. The van der Waals surface area contributed by atoms with Crippen LogP contribution in [0, 0.1) is 6.92 Å². The maximum Gasteiger partial charge on any atom is 0.0644 e. The van der Waals surface area contributed by atoms with Crippen LogP contribution in [0.25, 0.3) is 11.1 Å². The normalized spacial score (nSPS) is 16.7. The molecule has 3 N–H and O–H groups in total. The van der Waals surface area contributed by atoms with E-state index in [-0.39, 0.29) is 6.10 Å². The number of hydrogen-bond donors (Lipinski definition) is 2. The van der Waals surface area contributed by atoms with Crippen LogP contribution in [-0.4, -0.2) is 29.2 Å². The molecule has 0 radical (unpaired) electrons. The molecule has 0 amide bonds. The van der Waals surface area contributed by atoms with Crippen molar-refractivity contribution in [1.29, 1.82) is 0 Å². The van der Waals surface area contributed by atoms with Crippen molar-refractivity contribution in [3.05, 3.63) is 52.5 Å². The van der Waals surface area contributed by atoms with E-state index < -0.39 is 0 Å². The molecule has 1 heterocycles. The second kappa shape index (κ2) is 6.91. The fourth-order valence-electron chi connectivity index (χ4n) is 3.06. The van der Waals surface area contributed by atoms with Gasteiger partial charge in [-0.25, -0.2) is 0 Å². The average molecular weight is 331 g/mol. The first kappa shape index (κ1) is 16.3. The fraction of sp³-hybridized carbons (Fsp3) is 0.368. The molecule has 0 bridgehead atoms. The lowest BCUT2D eigenvalue weighted by molar-refractivity contribution is 0.0792. The summed E-state index contributed by atoms with van der Waals surface area (Å²) in [5.74, 6) is 0. The number of aryl methyl sites for hydroxylation is 1. The number of anilines is 1. The van der Waals surface area contributed by atoms with Crippen molar-refractivity contribution in [2.24, 2.45) is 0 Å². The number of nitrogens with zero attached hydrogens (tertiary/aromatic N) is 1. The van der Waals surface area contributed by atoms with Gasteiger partial charge in [0.25, 0.3) is 0 Å². The quantitative estimate of drug-likeness (QED) is 0.840. The van der Waals surface area contributed by atoms with Crippen molar-refractivity contribution in [2.75, 3.05) is 18.8 Å². The Bertz CT molecular complexity index is 653. The minimum absolute atomic E-state index is 0.118. The summed E-state index contributed by atoms with van der Waals surface area (Å²) in [5, 5.41) is 10.2. The number of rotatable bonds is 3. The zero-order valence-corrected chi connectivity index (χ0v) is 14.2. The number of aliphatic hydroxyl groups excluding tert-OH is 1. The Balaban J connectivity index is 1.72. The van der Waals surface area contributed by atoms with Gasteiger partial charge in [-0.2, -0.15) is 0 Å². The summed E-state index contributed by atoms with van der Waals surface area (Å²) in [4.78, 5) is 2.39. The fourth-order valence-corrected chi connectivity index (χ4v) is 3.33. The molecule has 23 heavy (non-hydrogen) atoms. The number of benzene rings is 2. The third-order valence-corrected chi connectivity index (χ3v) is 4.90. The third-order valence-electron chi connectivity index (χ3n) is 4.59. The second-order valence-corrected chi connectivity index (χ2v) is 6.80. The minimum Gasteiger partial charge on any atom is -0.397 e. The Morgan fingerprint density at radius 2 is 1.78 bits per heavy atom. The van der Waals surface area contributed by atoms with Crippen LogP contribution < -0.4 is 5.73 Å². The van der Waals surface area contributed by atoms with Crippen molar-refractivity contribution in [1.82, 2.24) is 4.90 Å². The van der Waals surface area contributed by atoms with Crippen molar-refractivity contribution in [2.45, 2.75) is 32.4 Å². The third kappa shape index (κ3) is 3.86. The van der Waals surface area contributed by atoms with E-state index in [9.17, 15) is 5.11 Å². The van der Waals surface area contributed by atoms with E-state index in [4.69, 9.17) is 17.3 Å². The summed E-state index contributed by atoms with van der Waals surface area (Å²) in [7, 11) is 0. The van der Waals surface area contributed by atoms with Gasteiger partial charge in [0.05, 0.1) is 16.8 Å². The van der Waals surface area contributed by atoms with E-state index in [1.807, 2.05) is 13.0 Å². The highest BCUT2D eigenvalue weighted by atomic mass is 35.5. The van der Waals surface area contributed by atoms with Crippen LogP contribution >= 0.6 is 11.6 Å². The summed E-state index contributed by atoms with van der Waals surface area (Å²) in [5.41, 5.74) is 11.1. The van der Waals surface area contributed by atoms with Crippen LogP contribution in [0.3, 0.4) is 0 Å². The number of aliphatic hydroxyl groups is 1. The van der Waals surface area contributed by atoms with E-state index >= 15 is 0 Å². The molecule has 122 valence electrons. The van der Waals surface area contributed by atoms with E-state index in [1.165, 1.54) is 5.56 Å². The van der Waals surface area contributed by atoms with E-state index in [1.54, 1.807) is 0 Å². The molecule has 0 unspecified atom stereocenters. The predicted molar refractivity (Wildman–Crippen MR) is 96.6 cm³/mol. The monoisotopic (exact) mass is 330 g/mol. The van der Waals surface area contributed by atoms with E-state index in [0.717, 1.165) is 49.2 Å². The lowest BCUT2D eigenvalue weighted by Gasteiger charge is -2.29. The largest absolute Gasteiger partial charge is 0.397 e. The topological polar surface area (TPSA) is 49.5 Å². The van der Waals surface area contributed by atoms with Gasteiger partial charge < -0.3 is 10.8 Å². The smallest absolute Gasteiger partial charge is 0.0644 e. The Hall–Kier alpha value is -1.55. The van der Waals surface area contributed by atoms with Crippen molar-refractivity contribution in [3.63, 3.8) is 0 Å². The highest BCUT2D eigenvalue weighted by Crippen LogP contribution is 2.30. The van der Waals surface area contributed by atoms with Gasteiger partial charge in [-0.3, -0.25) is 4.90 Å². The van der Waals surface area contributed by atoms with Crippen LogP contribution in [-0.2, 0) is 6.54 Å². The van der Waals surface area contributed by atoms with Gasteiger partial charge in [-0.05, 0) is 54.2 Å². The molecular weight excluding hydrogens is 308 g/mol. The maximum absolute atomic E-state index is 9.57. The van der Waals surface area contributed by atoms with Crippen molar-refractivity contribution < 1.29 is 5.11 Å². The van der Waals surface area contributed by atoms with Gasteiger partial charge in [-0.1, -0.05) is 35.9 Å². The van der Waals surface area contributed by atoms with Crippen molar-refractivity contribution >= 4 is 17.3 Å². The molecule has 4 heteroatoms. The number of nitrogen functional groups attached to an aromatic ring is 1. The van der Waals surface area contributed by atoms with Crippen molar-refractivity contribution in [3.8, 4) is 11.1 Å². The van der Waals surface area contributed by atoms with Gasteiger partial charge in [0.15, 0.2) is 0 Å². The molecule has 1 aliphatic heterocycles. The number of hydrogen-bond acceptors (Lipinski definition) is 3. The minimum atomic E-state index is -0.118. The predicted octanol–water partition coefficient (Wildman–Crippen LogP) is 3.85. The average Bonchev–Trinajstić information content (AvgIpc) is 2.55. The van der Waals surface area contributed by atoms with Crippen LogP contribution in [0.1, 0.15) is 24.0 Å². The molecule has 1 saturated heterocycles. The van der Waals surface area contributed by atoms with Crippen LogP contribution in [0.4, 0.5) is 5.69 Å². The molecule has 3 nitrogen and oxygen atoms in total. The number of piperidine rings is 1. The van der Waals surface area contributed by atoms with Gasteiger partial charge in [0, 0.05) is 19.6 Å². The highest BCUT2D eigenvalue weighted by molar-refractivity contribution is 6.33. The summed E-state index contributed by atoms with van der Waals surface area (Å²) in [6.45, 7) is 4.85. The first-order valence-electron chi connectivity index (χ1n) is 8.08. The standard InChI is InChI=1S/C19H23ClN2O/c1-13-10-16(11-18(20)19(13)21)15-4-2-14(3-5-15)12-22-8-6-17(23)7-9-22/h2-5,10-11,17,23H,6-9,12,21H2,1H3. The lowest BCUT2D eigenvalue weighted by atomic mass is 10.0. The summed E-state index contributed by atoms with van der Waals surface area (Å²) >= 11 is 6.19. The Morgan fingerprint density at radius 1 is 1.13 bits per heavy atom. The summed E-state index contributed by atoms with van der Waals surface area (Å²) in [6, 6.07) is 12.6. The highest BCUT2D eigenvalue weighted by Gasteiger charge is 2.16. The summed E-state index contributed by atoms with van der Waals surface area (Å²) < 4.78 is 0. The summed E-state index contributed by atoms with van der Waals surface area (Å²) in [6.07, 6.45) is 1.63. The number of halogens is 1. The molecule has 0 saturated carbocycles. The van der Waals surface area contributed by atoms with Gasteiger partial charge in [0.2, 0.25) is 0 Å².